The summed E-state index contributed by atoms with van der Waals surface area (Å²) in [5, 5.41) is 0. The summed E-state index contributed by atoms with van der Waals surface area (Å²) in [4.78, 5) is 38.4. The number of alkyl halides is 1. The summed E-state index contributed by atoms with van der Waals surface area (Å²) in [7, 11) is 2.61. The van der Waals surface area contributed by atoms with Crippen molar-refractivity contribution in [3.8, 4) is 0 Å². The number of ether oxygens (including phenoxy) is 2. The average molecular weight is 402 g/mol. The first-order valence-electron chi connectivity index (χ1n) is 8.72. The highest BCUT2D eigenvalue weighted by Crippen LogP contribution is 2.38. The van der Waals surface area contributed by atoms with Crippen molar-refractivity contribution < 1.29 is 23.9 Å². The quantitative estimate of drug-likeness (QED) is 0.581. The molecular formula is C21H20ClNO5. The molecule has 0 aliphatic carbocycles. The van der Waals surface area contributed by atoms with Crippen molar-refractivity contribution in [2.24, 2.45) is 0 Å². The van der Waals surface area contributed by atoms with Crippen molar-refractivity contribution in [1.29, 1.82) is 0 Å². The fourth-order valence-electron chi connectivity index (χ4n) is 3.60. The molecule has 0 aromatic heterocycles. The predicted octanol–water partition coefficient (Wildman–Crippen LogP) is 2.73. The van der Waals surface area contributed by atoms with E-state index in [1.807, 2.05) is 24.3 Å². The van der Waals surface area contributed by atoms with E-state index in [-0.39, 0.29) is 11.8 Å². The lowest BCUT2D eigenvalue weighted by atomic mass is 9.84. The van der Waals surface area contributed by atoms with Crippen LogP contribution in [0.3, 0.4) is 0 Å². The molecule has 7 heteroatoms. The highest BCUT2D eigenvalue weighted by atomic mass is 35.5. The second-order valence-corrected chi connectivity index (χ2v) is 6.66. The van der Waals surface area contributed by atoms with Gasteiger partial charge in [-0.05, 0) is 28.8 Å². The van der Waals surface area contributed by atoms with Gasteiger partial charge in [-0.2, -0.15) is 0 Å². The molecule has 0 fully saturated rings. The second kappa shape index (κ2) is 8.44. The topological polar surface area (TPSA) is 72.9 Å². The zero-order valence-electron chi connectivity index (χ0n) is 15.6. The Bertz CT molecular complexity index is 896. The summed E-state index contributed by atoms with van der Waals surface area (Å²) in [6.45, 7) is 0. The predicted molar refractivity (Wildman–Crippen MR) is 103 cm³/mol. The van der Waals surface area contributed by atoms with Crippen LogP contribution in [0.2, 0.25) is 0 Å². The van der Waals surface area contributed by atoms with Gasteiger partial charge in [0.1, 0.15) is 11.9 Å². The van der Waals surface area contributed by atoms with Crippen molar-refractivity contribution in [3.63, 3.8) is 0 Å². The van der Waals surface area contributed by atoms with Crippen LogP contribution in [-0.2, 0) is 25.5 Å². The van der Waals surface area contributed by atoms with Gasteiger partial charge >= 0.3 is 11.9 Å². The zero-order valence-corrected chi connectivity index (χ0v) is 16.3. The van der Waals surface area contributed by atoms with E-state index in [4.69, 9.17) is 21.1 Å². The van der Waals surface area contributed by atoms with E-state index in [0.29, 0.717) is 12.0 Å². The third-order valence-corrected chi connectivity index (χ3v) is 5.13. The molecule has 1 amide bonds. The molecule has 1 aliphatic heterocycles. The van der Waals surface area contributed by atoms with E-state index >= 15 is 0 Å². The minimum absolute atomic E-state index is 0.258. The molecule has 0 N–H and O–H groups in total. The molecule has 146 valence electrons. The standard InChI is InChI=1S/C21H20ClNO5/c1-27-20(25)14-9-7-13(8-10-14)19-16-6-4-3-5-15(16)11-17(21(26)28-2)23(19)18(24)12-22/h3-10,17,19H,11-12H2,1-2H3/t17-,19+/m1/s1. The maximum atomic E-state index is 12.7. The Balaban J connectivity index is 2.14. The summed E-state index contributed by atoms with van der Waals surface area (Å²) >= 11 is 5.86. The third-order valence-electron chi connectivity index (χ3n) is 4.90. The van der Waals surface area contributed by atoms with Crippen LogP contribution in [0, 0.1) is 0 Å². The van der Waals surface area contributed by atoms with Gasteiger partial charge in [-0.25, -0.2) is 9.59 Å². The smallest absolute Gasteiger partial charge is 0.337 e. The minimum atomic E-state index is -0.781. The number of halogens is 1. The number of fused-ring (bicyclic) bond motifs is 1. The van der Waals surface area contributed by atoms with Gasteiger partial charge in [-0.15, -0.1) is 11.6 Å². The van der Waals surface area contributed by atoms with Crippen LogP contribution in [0.25, 0.3) is 0 Å². The van der Waals surface area contributed by atoms with Crippen molar-refractivity contribution in [2.75, 3.05) is 20.1 Å². The normalized spacial score (nSPS) is 18.2. The molecule has 0 spiro atoms. The van der Waals surface area contributed by atoms with Gasteiger partial charge in [0.2, 0.25) is 5.91 Å². The van der Waals surface area contributed by atoms with Gasteiger partial charge in [0.05, 0.1) is 25.8 Å². The Morgan fingerprint density at radius 3 is 2.32 bits per heavy atom. The lowest BCUT2D eigenvalue weighted by Gasteiger charge is -2.42. The largest absolute Gasteiger partial charge is 0.467 e. The number of esters is 2. The van der Waals surface area contributed by atoms with Crippen LogP contribution in [0.4, 0.5) is 0 Å². The van der Waals surface area contributed by atoms with Gasteiger partial charge in [0, 0.05) is 6.42 Å². The summed E-state index contributed by atoms with van der Waals surface area (Å²) in [6, 6.07) is 13.1. The van der Waals surface area contributed by atoms with Gasteiger partial charge in [-0.3, -0.25) is 4.79 Å². The van der Waals surface area contributed by atoms with Crippen molar-refractivity contribution in [1.82, 2.24) is 4.90 Å². The highest BCUT2D eigenvalue weighted by Gasteiger charge is 2.41. The maximum Gasteiger partial charge on any atom is 0.337 e. The van der Waals surface area contributed by atoms with E-state index in [1.165, 1.54) is 19.1 Å². The molecule has 1 heterocycles. The number of carbonyl (C=O) groups is 3. The molecule has 0 radical (unpaired) electrons. The molecule has 2 aromatic rings. The molecule has 1 aliphatic rings. The summed E-state index contributed by atoms with van der Waals surface area (Å²) in [5.74, 6) is -1.57. The molecule has 28 heavy (non-hydrogen) atoms. The van der Waals surface area contributed by atoms with Gasteiger partial charge in [0.25, 0.3) is 0 Å². The monoisotopic (exact) mass is 401 g/mol. The second-order valence-electron chi connectivity index (χ2n) is 6.39. The lowest BCUT2D eigenvalue weighted by Crippen LogP contribution is -2.52. The molecule has 6 nitrogen and oxygen atoms in total. The first-order valence-corrected chi connectivity index (χ1v) is 9.26. The first kappa shape index (κ1) is 19.9. The number of nitrogens with zero attached hydrogens (tertiary/aromatic N) is 1. The van der Waals surface area contributed by atoms with Crippen LogP contribution >= 0.6 is 11.6 Å². The number of hydrogen-bond acceptors (Lipinski definition) is 5. The van der Waals surface area contributed by atoms with E-state index in [2.05, 4.69) is 0 Å². The summed E-state index contributed by atoms with van der Waals surface area (Å²) in [6.07, 6.45) is 0.349. The molecule has 2 aromatic carbocycles. The molecule has 3 rings (SSSR count). The Morgan fingerprint density at radius 2 is 1.71 bits per heavy atom. The Hall–Kier alpha value is -2.86. The molecular weight excluding hydrogens is 382 g/mol. The Morgan fingerprint density at radius 1 is 1.04 bits per heavy atom. The van der Waals surface area contributed by atoms with Crippen LogP contribution in [0.1, 0.15) is 33.1 Å². The number of carbonyl (C=O) groups excluding carboxylic acids is 3. The van der Waals surface area contributed by atoms with Crippen LogP contribution < -0.4 is 0 Å². The highest BCUT2D eigenvalue weighted by molar-refractivity contribution is 6.27. The average Bonchev–Trinajstić information content (AvgIpc) is 2.76. The molecule has 0 bridgehead atoms. The lowest BCUT2D eigenvalue weighted by molar-refractivity contribution is -0.154. The number of rotatable bonds is 4. The zero-order chi connectivity index (χ0) is 20.3. The van der Waals surface area contributed by atoms with Gasteiger partial charge in [-0.1, -0.05) is 36.4 Å². The van der Waals surface area contributed by atoms with Gasteiger partial charge in [0.15, 0.2) is 0 Å². The number of methoxy groups -OCH3 is 2. The van der Waals surface area contributed by atoms with E-state index in [9.17, 15) is 14.4 Å². The fourth-order valence-corrected chi connectivity index (χ4v) is 3.74. The SMILES string of the molecule is COC(=O)c1ccc([C@H]2c3ccccc3C[C@H](C(=O)OC)N2C(=O)CCl)cc1. The maximum absolute atomic E-state index is 12.7. The molecule has 0 saturated heterocycles. The Labute approximate surface area is 168 Å². The van der Waals surface area contributed by atoms with E-state index in [0.717, 1.165) is 16.7 Å². The van der Waals surface area contributed by atoms with Crippen molar-refractivity contribution >= 4 is 29.4 Å². The third kappa shape index (κ3) is 3.60. The van der Waals surface area contributed by atoms with Crippen LogP contribution in [-0.4, -0.2) is 48.9 Å². The summed E-state index contributed by atoms with van der Waals surface area (Å²) in [5.41, 5.74) is 3.02. The van der Waals surface area contributed by atoms with E-state index in [1.54, 1.807) is 24.3 Å². The Kier molecular flexibility index (Phi) is 5.99. The number of amides is 1. The van der Waals surface area contributed by atoms with Gasteiger partial charge < -0.3 is 14.4 Å². The van der Waals surface area contributed by atoms with Crippen molar-refractivity contribution in [2.45, 2.75) is 18.5 Å². The summed E-state index contributed by atoms with van der Waals surface area (Å²) < 4.78 is 9.68. The molecule has 0 saturated carbocycles. The molecule has 2 atom stereocenters. The van der Waals surface area contributed by atoms with Crippen LogP contribution in [0.15, 0.2) is 48.5 Å². The number of hydrogen-bond donors (Lipinski definition) is 0. The van der Waals surface area contributed by atoms with Crippen molar-refractivity contribution in [3.05, 3.63) is 70.8 Å². The number of benzene rings is 2. The minimum Gasteiger partial charge on any atom is -0.467 e. The van der Waals surface area contributed by atoms with Crippen LogP contribution in [0.5, 0.6) is 0 Å². The van der Waals surface area contributed by atoms with E-state index < -0.39 is 24.0 Å². The first-order chi connectivity index (χ1) is 13.5. The fraction of sp³-hybridized carbons (Fsp3) is 0.286. The molecule has 0 unspecified atom stereocenters.